The van der Waals surface area contributed by atoms with Gasteiger partial charge in [-0.2, -0.15) is 4.31 Å². The summed E-state index contributed by atoms with van der Waals surface area (Å²) in [5, 5.41) is 9.27. The van der Waals surface area contributed by atoms with E-state index in [1.807, 2.05) is 6.92 Å². The number of halogens is 1. The largest absolute Gasteiger partial charge is 0.481 e. The Hall–Kier alpha value is -1.11. The highest BCUT2D eigenvalue weighted by molar-refractivity contribution is 7.89. The molecule has 0 radical (unpaired) electrons. The van der Waals surface area contributed by atoms with Gasteiger partial charge in [0.15, 0.2) is 0 Å². The lowest BCUT2D eigenvalue weighted by molar-refractivity contribution is -0.143. The number of rotatable bonds is 3. The standard InChI is InChI=1S/C13H16ClNO4S/c1-9-6-10(13(16)17)8-15(7-9)20(18,19)12-5-3-2-4-11(12)14/h2-5,9-10H,6-8H2,1H3,(H,16,17). The zero-order valence-corrected chi connectivity index (χ0v) is 12.6. The maximum atomic E-state index is 12.6. The first-order valence-electron chi connectivity index (χ1n) is 6.30. The van der Waals surface area contributed by atoms with Crippen molar-refractivity contribution in [3.63, 3.8) is 0 Å². The van der Waals surface area contributed by atoms with Crippen molar-refractivity contribution in [3.8, 4) is 0 Å². The summed E-state index contributed by atoms with van der Waals surface area (Å²) in [6.07, 6.45) is 0.490. The third-order valence-electron chi connectivity index (χ3n) is 3.43. The van der Waals surface area contributed by atoms with Crippen LogP contribution in [0.5, 0.6) is 0 Å². The third kappa shape index (κ3) is 2.97. The molecule has 1 saturated heterocycles. The van der Waals surface area contributed by atoms with Crippen LogP contribution in [0.1, 0.15) is 13.3 Å². The van der Waals surface area contributed by atoms with E-state index in [1.54, 1.807) is 12.1 Å². The summed E-state index contributed by atoms with van der Waals surface area (Å²) in [5.74, 6) is -1.63. The molecule has 20 heavy (non-hydrogen) atoms. The molecule has 1 N–H and O–H groups in total. The van der Waals surface area contributed by atoms with Crippen LogP contribution in [0.2, 0.25) is 5.02 Å². The van der Waals surface area contributed by atoms with Gasteiger partial charge in [0.1, 0.15) is 4.90 Å². The fourth-order valence-electron chi connectivity index (χ4n) is 2.47. The Bertz CT molecular complexity index is 617. The summed E-state index contributed by atoms with van der Waals surface area (Å²) in [5.41, 5.74) is 0. The number of nitrogens with zero attached hydrogens (tertiary/aromatic N) is 1. The Morgan fingerprint density at radius 3 is 2.60 bits per heavy atom. The smallest absolute Gasteiger partial charge is 0.307 e. The Kier molecular flexibility index (Phi) is 4.36. The van der Waals surface area contributed by atoms with Crippen LogP contribution in [0, 0.1) is 11.8 Å². The number of sulfonamides is 1. The van der Waals surface area contributed by atoms with Crippen LogP contribution in [0.4, 0.5) is 0 Å². The third-order valence-corrected chi connectivity index (χ3v) is 5.76. The number of aliphatic carboxylic acids is 1. The predicted octanol–water partition coefficient (Wildman–Crippen LogP) is 2.07. The molecule has 0 aliphatic carbocycles. The highest BCUT2D eigenvalue weighted by atomic mass is 35.5. The second-order valence-electron chi connectivity index (χ2n) is 5.13. The molecule has 2 rings (SSSR count). The van der Waals surface area contributed by atoms with Crippen LogP contribution in [0.3, 0.4) is 0 Å². The summed E-state index contributed by atoms with van der Waals surface area (Å²) in [4.78, 5) is 11.2. The Morgan fingerprint density at radius 1 is 1.35 bits per heavy atom. The molecule has 1 aliphatic heterocycles. The Labute approximate surface area is 123 Å². The van der Waals surface area contributed by atoms with Gasteiger partial charge in [-0.3, -0.25) is 4.79 Å². The molecule has 2 unspecified atom stereocenters. The molecule has 0 saturated carbocycles. The van der Waals surface area contributed by atoms with Gasteiger partial charge in [0.2, 0.25) is 10.0 Å². The van der Waals surface area contributed by atoms with Crippen molar-refractivity contribution in [2.75, 3.05) is 13.1 Å². The first-order chi connectivity index (χ1) is 9.32. The van der Waals surface area contributed by atoms with Crippen molar-refractivity contribution < 1.29 is 18.3 Å². The van der Waals surface area contributed by atoms with Crippen molar-refractivity contribution >= 4 is 27.6 Å². The molecule has 110 valence electrons. The van der Waals surface area contributed by atoms with E-state index in [0.717, 1.165) is 0 Å². The van der Waals surface area contributed by atoms with Crippen LogP contribution in [-0.2, 0) is 14.8 Å². The van der Waals surface area contributed by atoms with Crippen molar-refractivity contribution in [3.05, 3.63) is 29.3 Å². The SMILES string of the molecule is CC1CC(C(=O)O)CN(S(=O)(=O)c2ccccc2Cl)C1. The Morgan fingerprint density at radius 2 is 2.00 bits per heavy atom. The predicted molar refractivity (Wildman–Crippen MR) is 75.1 cm³/mol. The molecular formula is C13H16ClNO4S. The minimum Gasteiger partial charge on any atom is -0.481 e. The molecule has 0 amide bonds. The van der Waals surface area contributed by atoms with E-state index in [1.165, 1.54) is 16.4 Å². The van der Waals surface area contributed by atoms with E-state index in [0.29, 0.717) is 13.0 Å². The van der Waals surface area contributed by atoms with Crippen molar-refractivity contribution in [2.45, 2.75) is 18.2 Å². The fourth-order valence-corrected chi connectivity index (χ4v) is 4.57. The minimum atomic E-state index is -3.75. The van der Waals surface area contributed by atoms with Crippen LogP contribution in [0.15, 0.2) is 29.2 Å². The van der Waals surface area contributed by atoms with E-state index in [-0.39, 0.29) is 22.4 Å². The molecule has 1 aromatic carbocycles. The van der Waals surface area contributed by atoms with Gasteiger partial charge < -0.3 is 5.11 Å². The number of carbonyl (C=O) groups is 1. The van der Waals surface area contributed by atoms with Gasteiger partial charge in [0.25, 0.3) is 0 Å². The molecule has 1 heterocycles. The van der Waals surface area contributed by atoms with Crippen LogP contribution in [0.25, 0.3) is 0 Å². The molecule has 7 heteroatoms. The highest BCUT2D eigenvalue weighted by Crippen LogP contribution is 2.30. The molecule has 1 aliphatic rings. The van der Waals surface area contributed by atoms with Gasteiger partial charge in [-0.05, 0) is 24.5 Å². The van der Waals surface area contributed by atoms with Crippen LogP contribution < -0.4 is 0 Å². The van der Waals surface area contributed by atoms with E-state index in [2.05, 4.69) is 0 Å². The quantitative estimate of drug-likeness (QED) is 0.926. The van der Waals surface area contributed by atoms with E-state index in [9.17, 15) is 13.2 Å². The number of carboxylic acids is 1. The summed E-state index contributed by atoms with van der Waals surface area (Å²) >= 11 is 5.94. The molecule has 1 aromatic rings. The van der Waals surface area contributed by atoms with Gasteiger partial charge in [-0.25, -0.2) is 8.42 Å². The average Bonchev–Trinajstić information content (AvgIpc) is 2.38. The highest BCUT2D eigenvalue weighted by Gasteiger charge is 2.36. The van der Waals surface area contributed by atoms with E-state index >= 15 is 0 Å². The lowest BCUT2D eigenvalue weighted by Crippen LogP contribution is -2.45. The molecular weight excluding hydrogens is 302 g/mol. The number of carboxylic acid groups (broad SMARTS) is 1. The molecule has 0 aromatic heterocycles. The summed E-state index contributed by atoms with van der Waals surface area (Å²) in [6.45, 7) is 2.16. The van der Waals surface area contributed by atoms with Crippen LogP contribution in [-0.4, -0.2) is 36.9 Å². The molecule has 0 bridgehead atoms. The number of piperidine rings is 1. The summed E-state index contributed by atoms with van der Waals surface area (Å²) < 4.78 is 26.4. The van der Waals surface area contributed by atoms with Crippen molar-refractivity contribution in [1.82, 2.24) is 4.31 Å². The maximum Gasteiger partial charge on any atom is 0.307 e. The molecule has 5 nitrogen and oxygen atoms in total. The molecule has 2 atom stereocenters. The lowest BCUT2D eigenvalue weighted by atomic mass is 9.92. The number of hydrogen-bond acceptors (Lipinski definition) is 3. The number of benzene rings is 1. The summed E-state index contributed by atoms with van der Waals surface area (Å²) in [6, 6.07) is 6.20. The van der Waals surface area contributed by atoms with Gasteiger partial charge in [-0.1, -0.05) is 30.7 Å². The van der Waals surface area contributed by atoms with Gasteiger partial charge in [0.05, 0.1) is 10.9 Å². The minimum absolute atomic E-state index is 0.00196. The molecule has 0 spiro atoms. The Balaban J connectivity index is 2.34. The van der Waals surface area contributed by atoms with Crippen molar-refractivity contribution in [1.29, 1.82) is 0 Å². The molecule has 1 fully saturated rings. The van der Waals surface area contributed by atoms with E-state index < -0.39 is 21.9 Å². The fraction of sp³-hybridized carbons (Fsp3) is 0.462. The van der Waals surface area contributed by atoms with Gasteiger partial charge in [0, 0.05) is 13.1 Å². The maximum absolute atomic E-state index is 12.6. The van der Waals surface area contributed by atoms with Gasteiger partial charge in [-0.15, -0.1) is 0 Å². The topological polar surface area (TPSA) is 74.7 Å². The zero-order valence-electron chi connectivity index (χ0n) is 11.0. The summed E-state index contributed by atoms with van der Waals surface area (Å²) in [7, 11) is -3.75. The monoisotopic (exact) mass is 317 g/mol. The lowest BCUT2D eigenvalue weighted by Gasteiger charge is -2.33. The normalized spacial score (nSPS) is 24.5. The average molecular weight is 318 g/mol. The second kappa shape index (κ2) is 5.71. The first kappa shape index (κ1) is 15.3. The van der Waals surface area contributed by atoms with Gasteiger partial charge >= 0.3 is 5.97 Å². The zero-order chi connectivity index (χ0) is 14.9. The second-order valence-corrected chi connectivity index (χ2v) is 7.44. The first-order valence-corrected chi connectivity index (χ1v) is 8.11. The number of hydrogen-bond donors (Lipinski definition) is 1. The van der Waals surface area contributed by atoms with Crippen molar-refractivity contribution in [2.24, 2.45) is 11.8 Å². The van der Waals surface area contributed by atoms with Crippen LogP contribution >= 0.6 is 11.6 Å². The van der Waals surface area contributed by atoms with E-state index in [4.69, 9.17) is 16.7 Å².